The second-order valence-electron chi connectivity index (χ2n) is 5.46. The number of carbonyl (C=O) groups is 1. The Morgan fingerprint density at radius 1 is 1.48 bits per heavy atom. The van der Waals surface area contributed by atoms with Gasteiger partial charge >= 0.3 is 0 Å². The molecule has 0 bridgehead atoms. The van der Waals surface area contributed by atoms with E-state index in [-0.39, 0.29) is 11.9 Å². The van der Waals surface area contributed by atoms with Gasteiger partial charge in [0.15, 0.2) is 0 Å². The molecule has 1 atom stereocenters. The summed E-state index contributed by atoms with van der Waals surface area (Å²) in [4.78, 5) is 12.5. The molecule has 7 heteroatoms. The number of nitrogens with one attached hydrogen (secondary N) is 1. The number of hydrogen-bond acceptors (Lipinski definition) is 5. The first-order valence-electron chi connectivity index (χ1n) is 7.19. The zero-order chi connectivity index (χ0) is 17.1. The van der Waals surface area contributed by atoms with Crippen LogP contribution in [-0.4, -0.2) is 24.2 Å². The van der Waals surface area contributed by atoms with Crippen LogP contribution in [0.1, 0.15) is 34.3 Å². The van der Waals surface area contributed by atoms with Gasteiger partial charge < -0.3 is 20.3 Å². The maximum absolute atomic E-state index is 12.5. The third-order valence-corrected chi connectivity index (χ3v) is 3.96. The van der Waals surface area contributed by atoms with Gasteiger partial charge in [-0.05, 0) is 33.3 Å². The summed E-state index contributed by atoms with van der Waals surface area (Å²) in [6.07, 6.45) is 0.623. The summed E-state index contributed by atoms with van der Waals surface area (Å²) >= 11 is 6.00. The van der Waals surface area contributed by atoms with Crippen molar-refractivity contribution in [3.8, 4) is 5.75 Å². The topological polar surface area (TPSA) is 90.4 Å². The predicted octanol–water partition coefficient (Wildman–Crippen LogP) is 2.90. The number of anilines is 1. The number of rotatable bonds is 5. The molecule has 0 aliphatic heterocycles. The van der Waals surface area contributed by atoms with Crippen LogP contribution in [0.3, 0.4) is 0 Å². The van der Waals surface area contributed by atoms with Crippen molar-refractivity contribution in [1.82, 2.24) is 10.5 Å². The molecule has 0 aliphatic rings. The lowest BCUT2D eigenvalue weighted by atomic mass is 10.0. The number of amides is 1. The normalized spacial score (nSPS) is 12.0. The van der Waals surface area contributed by atoms with Gasteiger partial charge in [0.2, 0.25) is 0 Å². The Labute approximate surface area is 139 Å². The van der Waals surface area contributed by atoms with Crippen molar-refractivity contribution in [1.29, 1.82) is 0 Å². The minimum atomic E-state index is -0.275. The Bertz CT molecular complexity index is 708. The van der Waals surface area contributed by atoms with Gasteiger partial charge in [-0.25, -0.2) is 0 Å². The van der Waals surface area contributed by atoms with Crippen LogP contribution < -0.4 is 15.8 Å². The quantitative estimate of drug-likeness (QED) is 0.819. The van der Waals surface area contributed by atoms with E-state index < -0.39 is 0 Å². The molecule has 0 saturated carbocycles. The van der Waals surface area contributed by atoms with Gasteiger partial charge in [0.1, 0.15) is 11.5 Å². The van der Waals surface area contributed by atoms with E-state index in [0.717, 1.165) is 17.0 Å². The second kappa shape index (κ2) is 6.91. The molecule has 2 rings (SSSR count). The number of ether oxygens (including phenoxy) is 1. The Hall–Kier alpha value is -2.21. The minimum absolute atomic E-state index is 0.111. The summed E-state index contributed by atoms with van der Waals surface area (Å²) < 4.78 is 10.3. The van der Waals surface area contributed by atoms with E-state index in [2.05, 4.69) is 10.5 Å². The van der Waals surface area contributed by atoms with Crippen molar-refractivity contribution in [3.05, 3.63) is 39.7 Å². The number of carbonyl (C=O) groups excluding carboxylic acids is 1. The van der Waals surface area contributed by atoms with E-state index in [1.165, 1.54) is 19.2 Å². The highest BCUT2D eigenvalue weighted by Crippen LogP contribution is 2.28. The highest BCUT2D eigenvalue weighted by Gasteiger charge is 2.19. The number of nitrogen functional groups attached to an aromatic ring is 1. The monoisotopic (exact) mass is 337 g/mol. The van der Waals surface area contributed by atoms with Crippen molar-refractivity contribution in [2.24, 2.45) is 0 Å². The summed E-state index contributed by atoms with van der Waals surface area (Å²) in [5.74, 6) is 0.869. The molecule has 1 unspecified atom stereocenters. The Kier molecular flexibility index (Phi) is 5.15. The van der Waals surface area contributed by atoms with Crippen molar-refractivity contribution < 1.29 is 14.1 Å². The molecule has 0 saturated heterocycles. The lowest BCUT2D eigenvalue weighted by Crippen LogP contribution is -2.34. The Balaban J connectivity index is 2.14. The molecule has 0 fully saturated rings. The maximum Gasteiger partial charge on any atom is 0.255 e. The summed E-state index contributed by atoms with van der Waals surface area (Å²) in [6, 6.07) is 2.93. The highest BCUT2D eigenvalue weighted by atomic mass is 35.5. The predicted molar refractivity (Wildman–Crippen MR) is 89.0 cm³/mol. The van der Waals surface area contributed by atoms with Crippen molar-refractivity contribution in [2.45, 2.75) is 33.2 Å². The fourth-order valence-corrected chi connectivity index (χ4v) is 2.53. The number of aromatic nitrogens is 1. The van der Waals surface area contributed by atoms with Gasteiger partial charge in [0.25, 0.3) is 5.91 Å². The van der Waals surface area contributed by atoms with E-state index in [1.807, 2.05) is 20.8 Å². The van der Waals surface area contributed by atoms with Crippen molar-refractivity contribution in [2.75, 3.05) is 12.8 Å². The zero-order valence-electron chi connectivity index (χ0n) is 13.6. The molecule has 0 aliphatic carbocycles. The molecule has 1 aromatic heterocycles. The van der Waals surface area contributed by atoms with Gasteiger partial charge in [0, 0.05) is 17.7 Å². The fraction of sp³-hybridized carbons (Fsp3) is 0.375. The molecule has 2 aromatic rings. The fourth-order valence-electron chi connectivity index (χ4n) is 2.37. The molecular formula is C16H20ClN3O3. The first-order chi connectivity index (χ1) is 10.8. The van der Waals surface area contributed by atoms with Crippen LogP contribution in [0.15, 0.2) is 16.7 Å². The van der Waals surface area contributed by atoms with E-state index in [9.17, 15) is 4.79 Å². The molecule has 23 heavy (non-hydrogen) atoms. The van der Waals surface area contributed by atoms with Crippen LogP contribution in [0.25, 0.3) is 0 Å². The average Bonchev–Trinajstić information content (AvgIpc) is 2.81. The number of nitrogens with zero attached hydrogens (tertiary/aromatic N) is 1. The van der Waals surface area contributed by atoms with Crippen LogP contribution >= 0.6 is 11.6 Å². The standard InChI is InChI=1S/C16H20ClN3O3/c1-8(5-11-9(2)20-23-10(11)3)19-16(21)12-6-13(17)14(18)7-15(12)22-4/h6-8H,5,18H2,1-4H3,(H,19,21). The van der Waals surface area contributed by atoms with Gasteiger partial charge in [-0.15, -0.1) is 0 Å². The van der Waals surface area contributed by atoms with Gasteiger partial charge in [-0.1, -0.05) is 16.8 Å². The number of hydrogen-bond donors (Lipinski definition) is 2. The van der Waals surface area contributed by atoms with E-state index in [0.29, 0.717) is 28.4 Å². The average molecular weight is 338 g/mol. The summed E-state index contributed by atoms with van der Waals surface area (Å²) in [7, 11) is 1.48. The Morgan fingerprint density at radius 3 is 2.74 bits per heavy atom. The molecule has 124 valence electrons. The van der Waals surface area contributed by atoms with E-state index in [1.54, 1.807) is 0 Å². The number of aryl methyl sites for hydroxylation is 2. The lowest BCUT2D eigenvalue weighted by Gasteiger charge is -2.16. The molecular weight excluding hydrogens is 318 g/mol. The van der Waals surface area contributed by atoms with Crippen LogP contribution in [-0.2, 0) is 6.42 Å². The molecule has 1 heterocycles. The van der Waals surface area contributed by atoms with E-state index in [4.69, 9.17) is 26.6 Å². The molecule has 6 nitrogen and oxygen atoms in total. The maximum atomic E-state index is 12.5. The van der Waals surface area contributed by atoms with Crippen molar-refractivity contribution >= 4 is 23.2 Å². The zero-order valence-corrected chi connectivity index (χ0v) is 14.3. The Morgan fingerprint density at radius 2 is 2.17 bits per heavy atom. The smallest absolute Gasteiger partial charge is 0.255 e. The van der Waals surface area contributed by atoms with Crippen LogP contribution in [0.5, 0.6) is 5.75 Å². The lowest BCUT2D eigenvalue weighted by molar-refractivity contribution is 0.0937. The first-order valence-corrected chi connectivity index (χ1v) is 7.56. The summed E-state index contributed by atoms with van der Waals surface area (Å²) in [6.45, 7) is 5.64. The molecule has 1 amide bonds. The number of methoxy groups -OCH3 is 1. The van der Waals surface area contributed by atoms with Gasteiger partial charge in [-0.2, -0.15) is 0 Å². The number of benzene rings is 1. The summed E-state index contributed by atoms with van der Waals surface area (Å²) in [5.41, 5.74) is 8.27. The molecule has 1 aromatic carbocycles. The highest BCUT2D eigenvalue weighted by molar-refractivity contribution is 6.33. The van der Waals surface area contributed by atoms with Crippen LogP contribution in [0.4, 0.5) is 5.69 Å². The number of nitrogens with two attached hydrogens (primary N) is 1. The molecule has 0 radical (unpaired) electrons. The number of halogens is 1. The third kappa shape index (κ3) is 3.76. The minimum Gasteiger partial charge on any atom is -0.496 e. The third-order valence-electron chi connectivity index (χ3n) is 3.63. The van der Waals surface area contributed by atoms with Gasteiger partial charge in [0.05, 0.1) is 29.1 Å². The summed E-state index contributed by atoms with van der Waals surface area (Å²) in [5, 5.41) is 7.15. The van der Waals surface area contributed by atoms with E-state index >= 15 is 0 Å². The molecule has 3 N–H and O–H groups in total. The van der Waals surface area contributed by atoms with Crippen LogP contribution in [0.2, 0.25) is 5.02 Å². The largest absolute Gasteiger partial charge is 0.496 e. The SMILES string of the molecule is COc1cc(N)c(Cl)cc1C(=O)NC(C)Cc1c(C)noc1C. The van der Waals surface area contributed by atoms with Crippen LogP contribution in [0, 0.1) is 13.8 Å². The second-order valence-corrected chi connectivity index (χ2v) is 5.86. The van der Waals surface area contributed by atoms with Crippen molar-refractivity contribution in [3.63, 3.8) is 0 Å². The van der Waals surface area contributed by atoms with Gasteiger partial charge in [-0.3, -0.25) is 4.79 Å². The first kappa shape index (κ1) is 17.1. The molecule has 0 spiro atoms.